The Morgan fingerprint density at radius 1 is 1.21 bits per heavy atom. The minimum absolute atomic E-state index is 0.0340. The molecule has 0 aromatic carbocycles. The number of amides is 1. The van der Waals surface area contributed by atoms with E-state index >= 15 is 0 Å². The van der Waals surface area contributed by atoms with Gasteiger partial charge < -0.3 is 15.5 Å². The number of piperidine rings is 1. The molecule has 2 saturated heterocycles. The summed E-state index contributed by atoms with van der Waals surface area (Å²) in [5.41, 5.74) is 7.93. The van der Waals surface area contributed by atoms with Crippen LogP contribution in [-0.4, -0.2) is 79.3 Å². The minimum atomic E-state index is -3.10. The number of halogens is 1. The number of fused-ring (bicyclic) bond motifs is 1. The Balaban J connectivity index is 1.27. The third kappa shape index (κ3) is 3.97. The van der Waals surface area contributed by atoms with E-state index < -0.39 is 27.1 Å². The largest absolute Gasteiger partial charge is 0.370 e. The summed E-state index contributed by atoms with van der Waals surface area (Å²) in [6.07, 6.45) is 9.65. The van der Waals surface area contributed by atoms with E-state index in [0.717, 1.165) is 17.6 Å². The van der Waals surface area contributed by atoms with Crippen molar-refractivity contribution in [2.24, 2.45) is 16.6 Å². The van der Waals surface area contributed by atoms with E-state index in [0.29, 0.717) is 31.8 Å². The fraction of sp³-hybridized carbons (Fsp3) is 0.476. The standard InChI is InChI=1S/C21H26FN7O3S/c1-33(31,32)16-12-27(13-16)21(30)14-3-6-26(7-4-14)17-2-5-24-10-18(17)29-19(23)8-20-25-9-15(22)11-28(20)29/h2,5,8-11,14,16,19H,3-4,6-7,12-13,23H2,1H3. The maximum Gasteiger partial charge on any atom is 0.225 e. The molecule has 1 unspecified atom stereocenters. The summed E-state index contributed by atoms with van der Waals surface area (Å²) in [6, 6.07) is 1.89. The Kier molecular flexibility index (Phi) is 5.36. The van der Waals surface area contributed by atoms with Crippen molar-refractivity contribution in [1.82, 2.24) is 14.9 Å². The molecule has 1 aromatic heterocycles. The van der Waals surface area contributed by atoms with Crippen molar-refractivity contribution in [3.8, 4) is 0 Å². The van der Waals surface area contributed by atoms with Crippen LogP contribution in [0.15, 0.2) is 47.4 Å². The zero-order valence-electron chi connectivity index (χ0n) is 18.2. The summed E-state index contributed by atoms with van der Waals surface area (Å²) in [6.45, 7) is 1.89. The van der Waals surface area contributed by atoms with Crippen LogP contribution in [-0.2, 0) is 14.6 Å². The van der Waals surface area contributed by atoms with Gasteiger partial charge in [0, 0.05) is 44.5 Å². The molecule has 0 aliphatic carbocycles. The lowest BCUT2D eigenvalue weighted by Gasteiger charge is -2.42. The second-order valence-electron chi connectivity index (χ2n) is 8.80. The average Bonchev–Trinajstić information content (AvgIpc) is 3.06. The second-order valence-corrected chi connectivity index (χ2v) is 11.1. The number of aliphatic imine (C=N–C) groups is 1. The smallest absolute Gasteiger partial charge is 0.225 e. The Morgan fingerprint density at radius 2 is 1.94 bits per heavy atom. The van der Waals surface area contributed by atoms with Gasteiger partial charge in [-0.15, -0.1) is 0 Å². The van der Waals surface area contributed by atoms with E-state index in [1.165, 1.54) is 12.5 Å². The molecule has 1 amide bonds. The predicted octanol–water partition coefficient (Wildman–Crippen LogP) is 0.612. The summed E-state index contributed by atoms with van der Waals surface area (Å²) >= 11 is 0. The summed E-state index contributed by atoms with van der Waals surface area (Å²) in [5.74, 6) is -0.0143. The van der Waals surface area contributed by atoms with Gasteiger partial charge in [-0.3, -0.25) is 14.8 Å². The summed E-state index contributed by atoms with van der Waals surface area (Å²) in [7, 11) is -3.10. The first kappa shape index (κ1) is 21.8. The molecular formula is C21H26FN7O3S. The number of carbonyl (C=O) groups is 1. The van der Waals surface area contributed by atoms with Crippen LogP contribution < -0.4 is 15.6 Å². The maximum atomic E-state index is 13.9. The molecular weight excluding hydrogens is 449 g/mol. The summed E-state index contributed by atoms with van der Waals surface area (Å²) < 4.78 is 37.1. The highest BCUT2D eigenvalue weighted by atomic mass is 32.2. The van der Waals surface area contributed by atoms with Crippen LogP contribution >= 0.6 is 0 Å². The number of allylic oxidation sites excluding steroid dienone is 1. The molecule has 176 valence electrons. The van der Waals surface area contributed by atoms with Crippen LogP contribution in [0.1, 0.15) is 12.8 Å². The molecule has 10 nitrogen and oxygen atoms in total. The Labute approximate surface area is 191 Å². The van der Waals surface area contributed by atoms with Gasteiger partial charge in [0.1, 0.15) is 11.9 Å². The van der Waals surface area contributed by atoms with E-state index in [1.54, 1.807) is 33.4 Å². The molecule has 2 N–H and O–H groups in total. The van der Waals surface area contributed by atoms with Crippen LogP contribution in [0.3, 0.4) is 0 Å². The lowest BCUT2D eigenvalue weighted by atomic mass is 9.93. The number of hydrogen-bond acceptors (Lipinski definition) is 9. The average molecular weight is 476 g/mol. The molecule has 4 aliphatic rings. The molecule has 33 heavy (non-hydrogen) atoms. The summed E-state index contributed by atoms with van der Waals surface area (Å²) in [4.78, 5) is 25.0. The zero-order chi connectivity index (χ0) is 23.3. The molecule has 0 bridgehead atoms. The number of anilines is 2. The van der Waals surface area contributed by atoms with Gasteiger partial charge in [0.25, 0.3) is 0 Å². The monoisotopic (exact) mass is 475 g/mol. The van der Waals surface area contributed by atoms with Crippen LogP contribution in [0.5, 0.6) is 0 Å². The van der Waals surface area contributed by atoms with Crippen molar-refractivity contribution in [2.75, 3.05) is 42.3 Å². The van der Waals surface area contributed by atoms with Gasteiger partial charge in [-0.1, -0.05) is 0 Å². The van der Waals surface area contributed by atoms with E-state index in [1.807, 2.05) is 6.07 Å². The number of rotatable bonds is 4. The number of hydrazine groups is 1. The van der Waals surface area contributed by atoms with Crippen LogP contribution in [0.25, 0.3) is 0 Å². The Hall–Kier alpha value is -2.99. The normalized spacial score (nSPS) is 23.9. The van der Waals surface area contributed by atoms with Gasteiger partial charge in [0.2, 0.25) is 5.91 Å². The van der Waals surface area contributed by atoms with Crippen molar-refractivity contribution in [2.45, 2.75) is 24.3 Å². The summed E-state index contributed by atoms with van der Waals surface area (Å²) in [5, 5.41) is 2.89. The zero-order valence-corrected chi connectivity index (χ0v) is 19.0. The van der Waals surface area contributed by atoms with Crippen molar-refractivity contribution in [1.29, 1.82) is 0 Å². The highest BCUT2D eigenvalue weighted by Gasteiger charge is 2.40. The number of aromatic nitrogens is 1. The molecule has 1 aromatic rings. The third-order valence-electron chi connectivity index (χ3n) is 6.61. The minimum Gasteiger partial charge on any atom is -0.370 e. The van der Waals surface area contributed by atoms with E-state index in [2.05, 4.69) is 14.9 Å². The molecule has 0 saturated carbocycles. The second kappa shape index (κ2) is 8.10. The molecule has 5 rings (SSSR count). The quantitative estimate of drug-likeness (QED) is 0.674. The molecule has 12 heteroatoms. The lowest BCUT2D eigenvalue weighted by molar-refractivity contribution is -0.139. The number of carbonyl (C=O) groups excluding carboxylic acids is 1. The highest BCUT2D eigenvalue weighted by Crippen LogP contribution is 2.38. The van der Waals surface area contributed by atoms with E-state index in [4.69, 9.17) is 5.73 Å². The first-order valence-electron chi connectivity index (χ1n) is 10.9. The molecule has 0 radical (unpaired) electrons. The van der Waals surface area contributed by atoms with Gasteiger partial charge in [-0.05, 0) is 25.0 Å². The Morgan fingerprint density at radius 3 is 2.64 bits per heavy atom. The molecule has 1 atom stereocenters. The van der Waals surface area contributed by atoms with E-state index in [9.17, 15) is 17.6 Å². The number of hydrogen-bond donors (Lipinski definition) is 1. The highest BCUT2D eigenvalue weighted by molar-refractivity contribution is 7.91. The number of nitrogens with two attached hydrogens (primary N) is 1. The van der Waals surface area contributed by atoms with Gasteiger partial charge >= 0.3 is 0 Å². The van der Waals surface area contributed by atoms with E-state index in [-0.39, 0.29) is 24.9 Å². The maximum absolute atomic E-state index is 13.9. The van der Waals surface area contributed by atoms with Gasteiger partial charge in [-0.25, -0.2) is 22.8 Å². The van der Waals surface area contributed by atoms with Crippen molar-refractivity contribution < 1.29 is 17.6 Å². The molecule has 4 aliphatic heterocycles. The van der Waals surface area contributed by atoms with Crippen molar-refractivity contribution >= 4 is 33.3 Å². The fourth-order valence-electron chi connectivity index (χ4n) is 4.68. The predicted molar refractivity (Wildman–Crippen MR) is 122 cm³/mol. The fourth-order valence-corrected chi connectivity index (χ4v) is 5.58. The van der Waals surface area contributed by atoms with Crippen LogP contribution in [0.4, 0.5) is 15.8 Å². The Bertz CT molecular complexity index is 1150. The molecule has 5 heterocycles. The first-order chi connectivity index (χ1) is 15.7. The lowest BCUT2D eigenvalue weighted by Crippen LogP contribution is -2.58. The topological polar surface area (TPSA) is 115 Å². The third-order valence-corrected chi connectivity index (χ3v) is 8.12. The van der Waals surface area contributed by atoms with Crippen molar-refractivity contribution in [3.05, 3.63) is 42.4 Å². The number of sulfone groups is 1. The number of likely N-dealkylation sites (tertiary alicyclic amines) is 1. The van der Waals surface area contributed by atoms with Gasteiger partial charge in [0.05, 0.1) is 29.5 Å². The molecule has 0 spiro atoms. The van der Waals surface area contributed by atoms with Gasteiger partial charge in [-0.2, -0.15) is 0 Å². The number of pyridine rings is 1. The van der Waals surface area contributed by atoms with Crippen LogP contribution in [0.2, 0.25) is 0 Å². The SMILES string of the molecule is CS(=O)(=O)C1CN(C(=O)C2CCN(c3ccncc3N3C(N)C=C4N=CC(F)=CN43)CC2)C1. The molecule has 2 fully saturated rings. The number of nitrogens with zero attached hydrogens (tertiary/aromatic N) is 6. The van der Waals surface area contributed by atoms with Gasteiger partial charge in [0.15, 0.2) is 21.5 Å². The van der Waals surface area contributed by atoms with Crippen molar-refractivity contribution in [3.63, 3.8) is 0 Å². The first-order valence-corrected chi connectivity index (χ1v) is 12.8. The van der Waals surface area contributed by atoms with Crippen LogP contribution in [0, 0.1) is 5.92 Å².